The molecular formula is C15H19F3N2O. The second kappa shape index (κ2) is 6.37. The Bertz CT molecular complexity index is 494. The molecule has 2 N–H and O–H groups in total. The molecule has 3 nitrogen and oxygen atoms in total. The number of carbonyl (C=O) groups is 1. The molecular weight excluding hydrogens is 281 g/mol. The molecule has 1 aliphatic rings. The minimum atomic E-state index is -4.08. The van der Waals surface area contributed by atoms with E-state index in [0.717, 1.165) is 5.69 Å². The van der Waals surface area contributed by atoms with Crippen LogP contribution in [0.1, 0.15) is 36.0 Å². The van der Waals surface area contributed by atoms with E-state index in [-0.39, 0.29) is 24.8 Å². The Balaban J connectivity index is 1.93. The number of halogens is 3. The maximum absolute atomic E-state index is 12.6. The van der Waals surface area contributed by atoms with E-state index < -0.39 is 12.1 Å². The van der Waals surface area contributed by atoms with Gasteiger partial charge in [-0.2, -0.15) is 13.2 Å². The smallest absolute Gasteiger partial charge is 0.382 e. The molecule has 0 aromatic heterocycles. The highest BCUT2D eigenvalue weighted by molar-refractivity contribution is 5.94. The zero-order valence-corrected chi connectivity index (χ0v) is 11.8. The lowest BCUT2D eigenvalue weighted by atomic mass is 9.85. The van der Waals surface area contributed by atoms with Gasteiger partial charge in [0.2, 0.25) is 0 Å². The summed E-state index contributed by atoms with van der Waals surface area (Å²) in [6.45, 7) is 0. The minimum Gasteiger partial charge on any atom is -0.382 e. The third kappa shape index (κ3) is 4.12. The first-order valence-corrected chi connectivity index (χ1v) is 7.05. The predicted molar refractivity (Wildman–Crippen MR) is 75.3 cm³/mol. The molecule has 1 amide bonds. The summed E-state index contributed by atoms with van der Waals surface area (Å²) in [6.07, 6.45) is -2.76. The molecule has 6 heteroatoms. The van der Waals surface area contributed by atoms with Crippen LogP contribution >= 0.6 is 0 Å². The van der Waals surface area contributed by atoms with Crippen LogP contribution in [0.3, 0.4) is 0 Å². The van der Waals surface area contributed by atoms with Crippen LogP contribution in [0, 0.1) is 5.92 Å². The summed E-state index contributed by atoms with van der Waals surface area (Å²) in [6, 6.07) is 7.03. The third-order valence-electron chi connectivity index (χ3n) is 3.91. The minimum absolute atomic E-state index is 0.0311. The van der Waals surface area contributed by atoms with Gasteiger partial charge in [0.15, 0.2) is 0 Å². The average Bonchev–Trinajstić information content (AvgIpc) is 2.46. The van der Waals surface area contributed by atoms with Gasteiger partial charge in [-0.1, -0.05) is 6.07 Å². The molecule has 116 valence electrons. The van der Waals surface area contributed by atoms with Crippen LogP contribution in [0.25, 0.3) is 0 Å². The Morgan fingerprint density at radius 1 is 1.19 bits per heavy atom. The number of carbonyl (C=O) groups excluding carboxylic acids is 1. The van der Waals surface area contributed by atoms with Crippen molar-refractivity contribution in [3.05, 3.63) is 29.8 Å². The zero-order valence-electron chi connectivity index (χ0n) is 11.8. The van der Waals surface area contributed by atoms with Gasteiger partial charge in [-0.3, -0.25) is 4.79 Å². The number of alkyl halides is 3. The lowest BCUT2D eigenvalue weighted by Gasteiger charge is -2.30. The molecule has 0 atom stereocenters. The molecule has 1 saturated carbocycles. The molecule has 0 aliphatic heterocycles. The van der Waals surface area contributed by atoms with Gasteiger partial charge in [0.25, 0.3) is 5.91 Å². The molecule has 1 aromatic carbocycles. The summed E-state index contributed by atoms with van der Waals surface area (Å²) in [7, 11) is 1.56. The van der Waals surface area contributed by atoms with E-state index in [1.165, 1.54) is 0 Å². The van der Waals surface area contributed by atoms with Crippen LogP contribution < -0.4 is 10.6 Å². The van der Waals surface area contributed by atoms with E-state index in [4.69, 9.17) is 0 Å². The van der Waals surface area contributed by atoms with Crippen molar-refractivity contribution in [1.29, 1.82) is 0 Å². The van der Waals surface area contributed by atoms with Crippen LogP contribution in [0.5, 0.6) is 0 Å². The Morgan fingerprint density at radius 3 is 2.43 bits per heavy atom. The third-order valence-corrected chi connectivity index (χ3v) is 3.91. The lowest BCUT2D eigenvalue weighted by Crippen LogP contribution is -2.32. The monoisotopic (exact) mass is 300 g/mol. The highest BCUT2D eigenvalue weighted by Gasteiger charge is 2.41. The first kappa shape index (κ1) is 15.7. The Kier molecular flexibility index (Phi) is 4.75. The van der Waals surface area contributed by atoms with Crippen LogP contribution in [0.2, 0.25) is 0 Å². The number of hydrogen-bond donors (Lipinski definition) is 2. The van der Waals surface area contributed by atoms with Crippen LogP contribution in [-0.2, 0) is 0 Å². The van der Waals surface area contributed by atoms with Gasteiger partial charge in [0, 0.05) is 24.3 Å². The fourth-order valence-corrected chi connectivity index (χ4v) is 2.70. The maximum Gasteiger partial charge on any atom is 0.391 e. The maximum atomic E-state index is 12.6. The second-order valence-electron chi connectivity index (χ2n) is 5.39. The van der Waals surface area contributed by atoms with Crippen molar-refractivity contribution in [2.24, 2.45) is 5.92 Å². The average molecular weight is 300 g/mol. The van der Waals surface area contributed by atoms with E-state index in [9.17, 15) is 18.0 Å². The topological polar surface area (TPSA) is 41.1 Å². The number of hydrogen-bond acceptors (Lipinski definition) is 2. The highest BCUT2D eigenvalue weighted by Crippen LogP contribution is 2.38. The van der Waals surface area contributed by atoms with Gasteiger partial charge in [0.05, 0.1) is 5.92 Å². The van der Waals surface area contributed by atoms with Crippen LogP contribution in [0.4, 0.5) is 18.9 Å². The number of anilines is 1. The van der Waals surface area contributed by atoms with E-state index in [0.29, 0.717) is 18.4 Å². The number of nitrogens with one attached hydrogen (secondary N) is 2. The summed E-state index contributed by atoms with van der Waals surface area (Å²) in [5.74, 6) is -1.35. The van der Waals surface area contributed by atoms with E-state index in [1.54, 1.807) is 25.2 Å². The molecule has 1 aliphatic carbocycles. The summed E-state index contributed by atoms with van der Waals surface area (Å²) in [5, 5.41) is 5.77. The fraction of sp³-hybridized carbons (Fsp3) is 0.533. The lowest BCUT2D eigenvalue weighted by molar-refractivity contribution is -0.182. The Morgan fingerprint density at radius 2 is 1.86 bits per heavy atom. The van der Waals surface area contributed by atoms with Crippen molar-refractivity contribution in [3.63, 3.8) is 0 Å². The van der Waals surface area contributed by atoms with Gasteiger partial charge < -0.3 is 10.6 Å². The summed E-state index contributed by atoms with van der Waals surface area (Å²) in [4.78, 5) is 11.5. The molecule has 2 rings (SSSR count). The Hall–Kier alpha value is -1.72. The predicted octanol–water partition coefficient (Wildman–Crippen LogP) is 3.58. The SMILES string of the molecule is CNC(=O)c1cccc(NC2CCC(C(F)(F)F)CC2)c1. The molecule has 0 spiro atoms. The molecule has 0 radical (unpaired) electrons. The molecule has 0 unspecified atom stereocenters. The molecule has 0 bridgehead atoms. The normalized spacial score (nSPS) is 22.7. The number of rotatable bonds is 3. The number of benzene rings is 1. The second-order valence-corrected chi connectivity index (χ2v) is 5.39. The summed E-state index contributed by atoms with van der Waals surface area (Å²) in [5.41, 5.74) is 1.30. The van der Waals surface area contributed by atoms with Crippen LogP contribution in [0.15, 0.2) is 24.3 Å². The van der Waals surface area contributed by atoms with E-state index in [1.807, 2.05) is 6.07 Å². The highest BCUT2D eigenvalue weighted by atomic mass is 19.4. The zero-order chi connectivity index (χ0) is 15.5. The van der Waals surface area contributed by atoms with Gasteiger partial charge in [-0.15, -0.1) is 0 Å². The summed E-state index contributed by atoms with van der Waals surface area (Å²) < 4.78 is 37.8. The van der Waals surface area contributed by atoms with Crippen molar-refractivity contribution in [1.82, 2.24) is 5.32 Å². The van der Waals surface area contributed by atoms with Gasteiger partial charge >= 0.3 is 6.18 Å². The largest absolute Gasteiger partial charge is 0.391 e. The van der Waals surface area contributed by atoms with Crippen molar-refractivity contribution in [2.45, 2.75) is 37.9 Å². The quantitative estimate of drug-likeness (QED) is 0.896. The van der Waals surface area contributed by atoms with Crippen molar-refractivity contribution in [2.75, 3.05) is 12.4 Å². The molecule has 1 aromatic rings. The first-order chi connectivity index (χ1) is 9.90. The standard InChI is InChI=1S/C15H19F3N2O/c1-19-14(21)10-3-2-4-13(9-10)20-12-7-5-11(6-8-12)15(16,17)18/h2-4,9,11-12,20H,5-8H2,1H3,(H,19,21). The fourth-order valence-electron chi connectivity index (χ4n) is 2.70. The van der Waals surface area contributed by atoms with Crippen molar-refractivity contribution >= 4 is 11.6 Å². The number of amides is 1. The van der Waals surface area contributed by atoms with Crippen molar-refractivity contribution < 1.29 is 18.0 Å². The van der Waals surface area contributed by atoms with Gasteiger partial charge in [-0.25, -0.2) is 0 Å². The van der Waals surface area contributed by atoms with Crippen molar-refractivity contribution in [3.8, 4) is 0 Å². The Labute approximate surface area is 121 Å². The van der Waals surface area contributed by atoms with E-state index in [2.05, 4.69) is 10.6 Å². The molecule has 1 fully saturated rings. The molecule has 21 heavy (non-hydrogen) atoms. The molecule has 0 saturated heterocycles. The van der Waals surface area contributed by atoms with Gasteiger partial charge in [0.1, 0.15) is 0 Å². The van der Waals surface area contributed by atoms with Gasteiger partial charge in [-0.05, 0) is 43.9 Å². The summed E-state index contributed by atoms with van der Waals surface area (Å²) >= 11 is 0. The first-order valence-electron chi connectivity index (χ1n) is 7.05. The van der Waals surface area contributed by atoms with Crippen LogP contribution in [-0.4, -0.2) is 25.2 Å². The van der Waals surface area contributed by atoms with E-state index >= 15 is 0 Å². The molecule has 0 heterocycles.